The molecule has 1 heterocycles. The highest BCUT2D eigenvalue weighted by Gasteiger charge is 2.16. The molecule has 1 saturated heterocycles. The van der Waals surface area contributed by atoms with Gasteiger partial charge in [-0.3, -0.25) is 15.3 Å². The number of hydrogen-bond acceptors (Lipinski definition) is 4. The molecule has 0 aromatic heterocycles. The lowest BCUT2D eigenvalue weighted by atomic mass is 10.1. The van der Waals surface area contributed by atoms with Crippen LogP contribution in [0.25, 0.3) is 0 Å². The molecular weight excluding hydrogens is 254 g/mol. The number of rotatable bonds is 8. The van der Waals surface area contributed by atoms with Crippen LogP contribution in [0, 0.1) is 0 Å². The molecule has 6 nitrogen and oxygen atoms in total. The number of nitrogens with zero attached hydrogens (tertiary/aromatic N) is 2. The highest BCUT2D eigenvalue weighted by atomic mass is 16.5. The zero-order valence-corrected chi connectivity index (χ0v) is 13.0. The standard InChI is InChI=1S/C14H31N5O/c1-3-20-11-7-8-16-14(18-15)17-12-13(2)19-9-5-4-6-10-19/h13H,3-12,15H2,1-2H3,(H2,16,17,18). The van der Waals surface area contributed by atoms with Gasteiger partial charge in [-0.05, 0) is 46.2 Å². The van der Waals surface area contributed by atoms with Crippen LogP contribution in [0.5, 0.6) is 0 Å². The highest BCUT2D eigenvalue weighted by molar-refractivity contribution is 5.79. The molecule has 6 heteroatoms. The topological polar surface area (TPSA) is 74.9 Å². The third kappa shape index (κ3) is 7.07. The maximum absolute atomic E-state index is 5.49. The molecule has 4 N–H and O–H groups in total. The number of ether oxygens (including phenoxy) is 1. The van der Waals surface area contributed by atoms with Crippen LogP contribution >= 0.6 is 0 Å². The summed E-state index contributed by atoms with van der Waals surface area (Å²) in [6.45, 7) is 9.77. The monoisotopic (exact) mass is 285 g/mol. The van der Waals surface area contributed by atoms with Gasteiger partial charge < -0.3 is 10.1 Å². The molecule has 0 saturated carbocycles. The summed E-state index contributed by atoms with van der Waals surface area (Å²) in [6, 6.07) is 0.476. The Morgan fingerprint density at radius 3 is 2.75 bits per heavy atom. The summed E-state index contributed by atoms with van der Waals surface area (Å²) in [5, 5.41) is 3.20. The van der Waals surface area contributed by atoms with Gasteiger partial charge in [0.05, 0.1) is 6.54 Å². The number of nitrogens with two attached hydrogens (primary N) is 1. The lowest BCUT2D eigenvalue weighted by Gasteiger charge is -2.31. The van der Waals surface area contributed by atoms with Gasteiger partial charge in [0.25, 0.3) is 0 Å². The predicted molar refractivity (Wildman–Crippen MR) is 83.6 cm³/mol. The van der Waals surface area contributed by atoms with Crippen molar-refractivity contribution in [2.75, 3.05) is 39.4 Å². The van der Waals surface area contributed by atoms with Crippen LogP contribution in [-0.2, 0) is 4.74 Å². The second kappa shape index (κ2) is 10.9. The third-order valence-electron chi connectivity index (χ3n) is 3.63. The average molecular weight is 285 g/mol. The van der Waals surface area contributed by atoms with Crippen LogP contribution in [0.2, 0.25) is 0 Å². The van der Waals surface area contributed by atoms with Crippen molar-refractivity contribution in [3.05, 3.63) is 0 Å². The highest BCUT2D eigenvalue weighted by Crippen LogP contribution is 2.11. The number of hydrogen-bond donors (Lipinski definition) is 3. The van der Waals surface area contributed by atoms with Crippen LogP contribution in [0.4, 0.5) is 0 Å². The fraction of sp³-hybridized carbons (Fsp3) is 0.929. The van der Waals surface area contributed by atoms with E-state index in [1.807, 2.05) is 6.92 Å². The van der Waals surface area contributed by atoms with Gasteiger partial charge in [-0.1, -0.05) is 6.42 Å². The van der Waals surface area contributed by atoms with E-state index in [0.29, 0.717) is 12.0 Å². The molecule has 1 atom stereocenters. The van der Waals surface area contributed by atoms with Crippen molar-refractivity contribution < 1.29 is 4.74 Å². The Morgan fingerprint density at radius 1 is 1.35 bits per heavy atom. The molecule has 1 fully saturated rings. The normalized spacial score (nSPS) is 18.9. The van der Waals surface area contributed by atoms with Crippen LogP contribution in [0.1, 0.15) is 39.5 Å². The number of hydrazine groups is 1. The fourth-order valence-corrected chi connectivity index (χ4v) is 2.38. The molecule has 0 bridgehead atoms. The number of guanidine groups is 1. The summed E-state index contributed by atoms with van der Waals surface area (Å²) < 4.78 is 5.29. The number of nitrogens with one attached hydrogen (secondary N) is 2. The second-order valence-corrected chi connectivity index (χ2v) is 5.26. The van der Waals surface area contributed by atoms with E-state index < -0.39 is 0 Å². The van der Waals surface area contributed by atoms with Gasteiger partial charge in [0.1, 0.15) is 0 Å². The van der Waals surface area contributed by atoms with E-state index >= 15 is 0 Å². The van der Waals surface area contributed by atoms with E-state index in [-0.39, 0.29) is 0 Å². The van der Waals surface area contributed by atoms with Crippen molar-refractivity contribution in [2.24, 2.45) is 10.8 Å². The molecule has 1 rings (SSSR count). The van der Waals surface area contributed by atoms with E-state index in [1.165, 1.54) is 32.4 Å². The van der Waals surface area contributed by atoms with Gasteiger partial charge in [0, 0.05) is 25.8 Å². The van der Waals surface area contributed by atoms with Crippen LogP contribution in [0.3, 0.4) is 0 Å². The Morgan fingerprint density at radius 2 is 2.10 bits per heavy atom. The van der Waals surface area contributed by atoms with Crippen LogP contribution < -0.4 is 16.6 Å². The number of likely N-dealkylation sites (tertiary alicyclic amines) is 1. The lowest BCUT2D eigenvalue weighted by Crippen LogP contribution is -2.44. The van der Waals surface area contributed by atoms with E-state index in [2.05, 4.69) is 27.6 Å². The number of aliphatic imine (C=N–C) groups is 1. The maximum Gasteiger partial charge on any atom is 0.205 e. The first kappa shape index (κ1) is 17.2. The van der Waals surface area contributed by atoms with E-state index in [9.17, 15) is 0 Å². The Balaban J connectivity index is 2.21. The molecule has 20 heavy (non-hydrogen) atoms. The van der Waals surface area contributed by atoms with Gasteiger partial charge in [0.15, 0.2) is 0 Å². The van der Waals surface area contributed by atoms with Crippen molar-refractivity contribution >= 4 is 5.96 Å². The van der Waals surface area contributed by atoms with Gasteiger partial charge >= 0.3 is 0 Å². The summed E-state index contributed by atoms with van der Waals surface area (Å²) >= 11 is 0. The zero-order chi connectivity index (χ0) is 14.6. The SMILES string of the molecule is CCOCCCNC(=NCC(C)N1CCCCC1)NN. The molecule has 0 spiro atoms. The molecule has 1 aliphatic rings. The predicted octanol–water partition coefficient (Wildman–Crippen LogP) is 0.696. The van der Waals surface area contributed by atoms with E-state index in [0.717, 1.165) is 32.7 Å². The Labute approximate surface area is 123 Å². The first-order chi connectivity index (χ1) is 9.77. The van der Waals surface area contributed by atoms with Gasteiger partial charge in [-0.15, -0.1) is 0 Å². The first-order valence-electron chi connectivity index (χ1n) is 7.84. The minimum atomic E-state index is 0.476. The van der Waals surface area contributed by atoms with Crippen LogP contribution in [-0.4, -0.2) is 56.3 Å². The summed E-state index contributed by atoms with van der Waals surface area (Å²) in [7, 11) is 0. The second-order valence-electron chi connectivity index (χ2n) is 5.26. The Bertz CT molecular complexity index is 266. The fourth-order valence-electron chi connectivity index (χ4n) is 2.38. The minimum absolute atomic E-state index is 0.476. The van der Waals surface area contributed by atoms with E-state index in [4.69, 9.17) is 10.6 Å². The van der Waals surface area contributed by atoms with Gasteiger partial charge in [0.2, 0.25) is 5.96 Å². The van der Waals surface area contributed by atoms with Crippen molar-refractivity contribution in [1.29, 1.82) is 0 Å². The molecule has 0 aromatic rings. The van der Waals surface area contributed by atoms with Crippen molar-refractivity contribution in [2.45, 2.75) is 45.6 Å². The molecule has 0 aliphatic carbocycles. The van der Waals surface area contributed by atoms with Gasteiger partial charge in [-0.25, -0.2) is 5.84 Å². The molecule has 0 radical (unpaired) electrons. The summed E-state index contributed by atoms with van der Waals surface area (Å²) in [6.07, 6.45) is 4.94. The minimum Gasteiger partial charge on any atom is -0.382 e. The maximum atomic E-state index is 5.49. The molecule has 1 aliphatic heterocycles. The molecule has 0 aromatic carbocycles. The molecule has 118 valence electrons. The van der Waals surface area contributed by atoms with Crippen molar-refractivity contribution in [3.63, 3.8) is 0 Å². The quantitative estimate of drug-likeness (QED) is 0.201. The Kier molecular flexibility index (Phi) is 9.36. The summed E-state index contributed by atoms with van der Waals surface area (Å²) in [4.78, 5) is 7.03. The van der Waals surface area contributed by atoms with Crippen molar-refractivity contribution in [3.8, 4) is 0 Å². The summed E-state index contributed by atoms with van der Waals surface area (Å²) in [5.41, 5.74) is 2.63. The molecule has 1 unspecified atom stereocenters. The Hall–Kier alpha value is -0.850. The third-order valence-corrected chi connectivity index (χ3v) is 3.63. The van der Waals surface area contributed by atoms with Crippen LogP contribution in [0.15, 0.2) is 4.99 Å². The average Bonchev–Trinajstić information content (AvgIpc) is 2.50. The van der Waals surface area contributed by atoms with Gasteiger partial charge in [-0.2, -0.15) is 0 Å². The van der Waals surface area contributed by atoms with E-state index in [1.54, 1.807) is 0 Å². The lowest BCUT2D eigenvalue weighted by molar-refractivity contribution is 0.145. The molecule has 0 amide bonds. The number of piperidine rings is 1. The summed E-state index contributed by atoms with van der Waals surface area (Å²) in [5.74, 6) is 6.16. The van der Waals surface area contributed by atoms with Crippen molar-refractivity contribution in [1.82, 2.24) is 15.6 Å². The first-order valence-corrected chi connectivity index (χ1v) is 7.84. The smallest absolute Gasteiger partial charge is 0.205 e. The zero-order valence-electron chi connectivity index (χ0n) is 13.0. The molecular formula is C14H31N5O. The largest absolute Gasteiger partial charge is 0.382 e.